The largest absolute Gasteiger partial charge is 0.325 e. The van der Waals surface area contributed by atoms with Gasteiger partial charge in [-0.1, -0.05) is 27.5 Å². The summed E-state index contributed by atoms with van der Waals surface area (Å²) in [6.45, 7) is 3.03. The molecular formula is C18H17BrClN3O2. The molecule has 1 N–H and O–H groups in total. The maximum Gasteiger partial charge on any atom is 0.325 e. The predicted octanol–water partition coefficient (Wildman–Crippen LogP) is 4.29. The average Bonchev–Trinajstić information content (AvgIpc) is 2.93. The number of hydrogen-bond donors (Lipinski definition) is 1. The molecule has 2 aromatic rings. The van der Waals surface area contributed by atoms with Crippen LogP contribution in [0.1, 0.15) is 5.56 Å². The van der Waals surface area contributed by atoms with Gasteiger partial charge in [-0.2, -0.15) is 0 Å². The maximum atomic E-state index is 12.5. The monoisotopic (exact) mass is 421 g/mol. The van der Waals surface area contributed by atoms with Crippen molar-refractivity contribution < 1.29 is 9.59 Å². The van der Waals surface area contributed by atoms with E-state index in [2.05, 4.69) is 21.2 Å². The number of amides is 3. The molecule has 1 fully saturated rings. The summed E-state index contributed by atoms with van der Waals surface area (Å²) in [5, 5.41) is 3.45. The van der Waals surface area contributed by atoms with E-state index in [9.17, 15) is 9.59 Å². The van der Waals surface area contributed by atoms with E-state index in [4.69, 9.17) is 11.6 Å². The maximum absolute atomic E-state index is 12.5. The standard InChI is InChI=1S/C18H17BrClN3O2/c1-12-10-14(4-7-16(12)19)21-17(24)11-22-8-9-23(18(22)25)15-5-2-13(20)3-6-15/h2-7,10H,8-9,11H2,1H3,(H,21,24). The Morgan fingerprint density at radius 1 is 1.20 bits per heavy atom. The van der Waals surface area contributed by atoms with E-state index >= 15 is 0 Å². The molecule has 1 saturated heterocycles. The summed E-state index contributed by atoms with van der Waals surface area (Å²) in [5.41, 5.74) is 2.52. The van der Waals surface area contributed by atoms with Gasteiger partial charge in [-0.15, -0.1) is 0 Å². The van der Waals surface area contributed by atoms with Crippen LogP contribution in [0.15, 0.2) is 46.9 Å². The Balaban J connectivity index is 1.61. The molecule has 0 atom stereocenters. The normalized spacial score (nSPS) is 14.1. The van der Waals surface area contributed by atoms with Crippen LogP contribution < -0.4 is 10.2 Å². The quantitative estimate of drug-likeness (QED) is 0.799. The number of nitrogens with zero attached hydrogens (tertiary/aromatic N) is 2. The van der Waals surface area contributed by atoms with Crippen LogP contribution in [0.3, 0.4) is 0 Å². The van der Waals surface area contributed by atoms with E-state index < -0.39 is 0 Å². The molecule has 1 heterocycles. The fraction of sp³-hybridized carbons (Fsp3) is 0.222. The number of urea groups is 1. The predicted molar refractivity (Wildman–Crippen MR) is 103 cm³/mol. The van der Waals surface area contributed by atoms with Crippen LogP contribution in [0, 0.1) is 6.92 Å². The zero-order chi connectivity index (χ0) is 18.0. The lowest BCUT2D eigenvalue weighted by atomic mass is 10.2. The van der Waals surface area contributed by atoms with E-state index in [1.54, 1.807) is 29.2 Å². The van der Waals surface area contributed by atoms with Crippen LogP contribution in [0.2, 0.25) is 5.02 Å². The zero-order valence-electron chi connectivity index (χ0n) is 13.6. The molecule has 3 rings (SSSR count). The highest BCUT2D eigenvalue weighted by Gasteiger charge is 2.30. The summed E-state index contributed by atoms with van der Waals surface area (Å²) in [6.07, 6.45) is 0. The van der Waals surface area contributed by atoms with Gasteiger partial charge in [-0.3, -0.25) is 9.69 Å². The minimum Gasteiger partial charge on any atom is -0.325 e. The second kappa shape index (κ2) is 7.45. The molecule has 7 heteroatoms. The number of hydrogen-bond acceptors (Lipinski definition) is 2. The first-order valence-corrected chi connectivity index (χ1v) is 8.99. The van der Waals surface area contributed by atoms with E-state index in [1.807, 2.05) is 25.1 Å². The topological polar surface area (TPSA) is 52.7 Å². The van der Waals surface area contributed by atoms with Crippen molar-refractivity contribution >= 4 is 50.8 Å². The molecule has 0 saturated carbocycles. The van der Waals surface area contributed by atoms with Crippen molar-refractivity contribution in [3.8, 4) is 0 Å². The summed E-state index contributed by atoms with van der Waals surface area (Å²) < 4.78 is 0.985. The van der Waals surface area contributed by atoms with E-state index in [1.165, 1.54) is 4.90 Å². The average molecular weight is 423 g/mol. The fourth-order valence-electron chi connectivity index (χ4n) is 2.69. The number of rotatable bonds is 4. The van der Waals surface area contributed by atoms with Gasteiger partial charge in [0.25, 0.3) is 0 Å². The Bertz CT molecular complexity index is 810. The van der Waals surface area contributed by atoms with Crippen LogP contribution >= 0.6 is 27.5 Å². The molecule has 0 aliphatic carbocycles. The molecule has 130 valence electrons. The lowest BCUT2D eigenvalue weighted by Crippen LogP contribution is -2.37. The van der Waals surface area contributed by atoms with Gasteiger partial charge in [0.05, 0.1) is 0 Å². The first-order chi connectivity index (χ1) is 11.9. The van der Waals surface area contributed by atoms with Crippen molar-refractivity contribution in [2.24, 2.45) is 0 Å². The summed E-state index contributed by atoms with van der Waals surface area (Å²) in [5.74, 6) is -0.215. The molecule has 1 aliphatic rings. The highest BCUT2D eigenvalue weighted by atomic mass is 79.9. The van der Waals surface area contributed by atoms with E-state index in [0.29, 0.717) is 23.8 Å². The molecule has 25 heavy (non-hydrogen) atoms. The molecular weight excluding hydrogens is 406 g/mol. The van der Waals surface area contributed by atoms with Crippen LogP contribution in [0.4, 0.5) is 16.2 Å². The smallest absolute Gasteiger partial charge is 0.325 e. The van der Waals surface area contributed by atoms with Crippen LogP contribution in [-0.2, 0) is 4.79 Å². The van der Waals surface area contributed by atoms with Crippen molar-refractivity contribution in [3.63, 3.8) is 0 Å². The summed E-state index contributed by atoms with van der Waals surface area (Å²) in [4.78, 5) is 27.9. The number of carbonyl (C=O) groups is 2. The molecule has 2 aromatic carbocycles. The van der Waals surface area contributed by atoms with Crippen molar-refractivity contribution in [1.82, 2.24) is 4.90 Å². The number of benzene rings is 2. The molecule has 5 nitrogen and oxygen atoms in total. The lowest BCUT2D eigenvalue weighted by Gasteiger charge is -2.18. The molecule has 0 aromatic heterocycles. The van der Waals surface area contributed by atoms with Gasteiger partial charge >= 0.3 is 6.03 Å². The molecule has 3 amide bonds. The molecule has 1 aliphatic heterocycles. The number of aryl methyl sites for hydroxylation is 1. The van der Waals surface area contributed by atoms with Gasteiger partial charge in [-0.25, -0.2) is 4.79 Å². The summed E-state index contributed by atoms with van der Waals surface area (Å²) >= 11 is 9.31. The highest BCUT2D eigenvalue weighted by molar-refractivity contribution is 9.10. The Morgan fingerprint density at radius 3 is 2.60 bits per heavy atom. The Morgan fingerprint density at radius 2 is 1.92 bits per heavy atom. The van der Waals surface area contributed by atoms with Gasteiger partial charge in [-0.05, 0) is 55.0 Å². The third-order valence-corrected chi connectivity index (χ3v) is 5.15. The number of anilines is 2. The van der Waals surface area contributed by atoms with Crippen molar-refractivity contribution in [2.45, 2.75) is 6.92 Å². The third-order valence-electron chi connectivity index (χ3n) is 4.01. The second-order valence-corrected chi connectivity index (χ2v) is 7.14. The first-order valence-electron chi connectivity index (χ1n) is 7.82. The summed E-state index contributed by atoms with van der Waals surface area (Å²) in [7, 11) is 0. The van der Waals surface area contributed by atoms with E-state index in [-0.39, 0.29) is 18.5 Å². The lowest BCUT2D eigenvalue weighted by molar-refractivity contribution is -0.116. The zero-order valence-corrected chi connectivity index (χ0v) is 16.0. The number of carbonyl (C=O) groups excluding carboxylic acids is 2. The van der Waals surface area contributed by atoms with Crippen molar-refractivity contribution in [3.05, 3.63) is 57.5 Å². The Hall–Kier alpha value is -2.05. The molecule has 0 radical (unpaired) electrons. The number of halogens is 2. The molecule has 0 bridgehead atoms. The SMILES string of the molecule is Cc1cc(NC(=O)CN2CCN(c3ccc(Cl)cc3)C2=O)ccc1Br. The second-order valence-electron chi connectivity index (χ2n) is 5.84. The van der Waals surface area contributed by atoms with Crippen molar-refractivity contribution in [2.75, 3.05) is 29.9 Å². The van der Waals surface area contributed by atoms with Crippen LogP contribution in [-0.4, -0.2) is 36.5 Å². The van der Waals surface area contributed by atoms with Gasteiger partial charge in [0.1, 0.15) is 6.54 Å². The minimum atomic E-state index is -0.215. The Kier molecular flexibility index (Phi) is 5.30. The third kappa shape index (κ3) is 4.14. The van der Waals surface area contributed by atoms with Crippen LogP contribution in [0.5, 0.6) is 0 Å². The first kappa shape index (κ1) is 17.8. The van der Waals surface area contributed by atoms with Gasteiger partial charge in [0.15, 0.2) is 0 Å². The number of nitrogens with one attached hydrogen (secondary N) is 1. The van der Waals surface area contributed by atoms with Gasteiger partial charge in [0.2, 0.25) is 5.91 Å². The van der Waals surface area contributed by atoms with E-state index in [0.717, 1.165) is 15.7 Å². The van der Waals surface area contributed by atoms with Gasteiger partial charge in [0, 0.05) is 34.0 Å². The van der Waals surface area contributed by atoms with Gasteiger partial charge < -0.3 is 10.2 Å². The van der Waals surface area contributed by atoms with Crippen molar-refractivity contribution in [1.29, 1.82) is 0 Å². The summed E-state index contributed by atoms with van der Waals surface area (Å²) in [6, 6.07) is 12.5. The molecule has 0 spiro atoms. The van der Waals surface area contributed by atoms with Crippen LogP contribution in [0.25, 0.3) is 0 Å². The minimum absolute atomic E-state index is 0.0258. The fourth-order valence-corrected chi connectivity index (χ4v) is 3.06. The highest BCUT2D eigenvalue weighted by Crippen LogP contribution is 2.23. The Labute approximate surface area is 159 Å². The molecule has 0 unspecified atom stereocenters.